The number of ether oxygens (including phenoxy) is 4. The van der Waals surface area contributed by atoms with Crippen LogP contribution in [0.5, 0.6) is 0 Å². The van der Waals surface area contributed by atoms with Crippen molar-refractivity contribution in [1.29, 1.82) is 0 Å². The molecule has 3 N–H and O–H groups in total. The van der Waals surface area contributed by atoms with E-state index in [0.717, 1.165) is 20.8 Å². The number of halogens is 1. The molecule has 25 heavy (non-hydrogen) atoms. The van der Waals surface area contributed by atoms with Crippen molar-refractivity contribution in [2.24, 2.45) is 11.7 Å². The lowest BCUT2D eigenvalue weighted by molar-refractivity contribution is -0.299. The summed E-state index contributed by atoms with van der Waals surface area (Å²) < 4.78 is 20.2. The molecule has 1 fully saturated rings. The van der Waals surface area contributed by atoms with Crippen LogP contribution in [0.25, 0.3) is 0 Å². The number of carbonyl (C=O) groups is 4. The summed E-state index contributed by atoms with van der Waals surface area (Å²) in [5, 5.41) is 7.84. The van der Waals surface area contributed by atoms with E-state index in [9.17, 15) is 24.3 Å². The summed E-state index contributed by atoms with van der Waals surface area (Å²) in [6.45, 7) is 2.87. The quantitative estimate of drug-likeness (QED) is 0.341. The maximum atomic E-state index is 11.4. The van der Waals surface area contributed by atoms with Gasteiger partial charge in [0.15, 0.2) is 12.2 Å². The van der Waals surface area contributed by atoms with Gasteiger partial charge in [0.1, 0.15) is 12.7 Å². The molecule has 0 aromatic carbocycles. The summed E-state index contributed by atoms with van der Waals surface area (Å²) in [6, 6.07) is 0. The lowest BCUT2D eigenvalue weighted by Gasteiger charge is -2.46. The minimum absolute atomic E-state index is 0.441. The number of hydrogen-bond donors (Lipinski definition) is 2. The number of primary amides is 1. The molecule has 1 rings (SSSR count). The second-order valence-electron chi connectivity index (χ2n) is 5.49. The number of carbonyl (C=O) groups excluding carboxylic acids is 4. The summed E-state index contributed by atoms with van der Waals surface area (Å²) >= 11 is 5.93. The van der Waals surface area contributed by atoms with Gasteiger partial charge >= 0.3 is 17.9 Å². The van der Waals surface area contributed by atoms with Gasteiger partial charge in [-0.15, -0.1) is 0 Å². The standard InChI is InChI=1S/C14H20ClNO9/c1-6(17)22-5-10-13(24-8(3)19)12(23-7(2)18)9(4-11(16)20)14(15,21)25-10/h9-10,12-13,21H,4-5H2,1-3H3,(H2,16,20)/t9-,10+,12+,13+,14+/m0/s1. The normalized spacial score (nSPS) is 31.7. The van der Waals surface area contributed by atoms with Gasteiger partial charge in [-0.2, -0.15) is 0 Å². The predicted molar refractivity (Wildman–Crippen MR) is 80.7 cm³/mol. The molecule has 11 heteroatoms. The highest BCUT2D eigenvalue weighted by Gasteiger charge is 2.57. The van der Waals surface area contributed by atoms with Crippen LogP contribution in [-0.4, -0.2) is 59.1 Å². The van der Waals surface area contributed by atoms with Crippen LogP contribution in [0, 0.1) is 5.92 Å². The monoisotopic (exact) mass is 381 g/mol. The largest absolute Gasteiger partial charge is 0.463 e. The van der Waals surface area contributed by atoms with E-state index in [1.807, 2.05) is 0 Å². The maximum absolute atomic E-state index is 11.4. The van der Waals surface area contributed by atoms with E-state index in [-0.39, 0.29) is 0 Å². The van der Waals surface area contributed by atoms with Crippen molar-refractivity contribution in [3.63, 3.8) is 0 Å². The summed E-state index contributed by atoms with van der Waals surface area (Å²) in [6.07, 6.45) is -4.41. The van der Waals surface area contributed by atoms with Gasteiger partial charge in [0.25, 0.3) is 5.25 Å². The van der Waals surface area contributed by atoms with Crippen LogP contribution in [-0.2, 0) is 38.1 Å². The molecule has 1 heterocycles. The molecule has 142 valence electrons. The Balaban J connectivity index is 3.24. The Kier molecular flexibility index (Phi) is 7.15. The molecule has 0 unspecified atom stereocenters. The zero-order chi connectivity index (χ0) is 19.4. The lowest BCUT2D eigenvalue weighted by atomic mass is 9.87. The summed E-state index contributed by atoms with van der Waals surface area (Å²) in [4.78, 5) is 45.1. The van der Waals surface area contributed by atoms with Crippen LogP contribution in [0.2, 0.25) is 0 Å². The first-order chi connectivity index (χ1) is 11.4. The fraction of sp³-hybridized carbons (Fsp3) is 0.714. The van der Waals surface area contributed by atoms with Crippen molar-refractivity contribution in [2.75, 3.05) is 6.61 Å². The third-order valence-corrected chi connectivity index (χ3v) is 3.71. The topological polar surface area (TPSA) is 151 Å². The Bertz CT molecular complexity index is 550. The van der Waals surface area contributed by atoms with Crippen molar-refractivity contribution < 1.29 is 43.2 Å². The first-order valence-corrected chi connectivity index (χ1v) is 7.67. The first-order valence-electron chi connectivity index (χ1n) is 7.29. The molecule has 10 nitrogen and oxygen atoms in total. The number of esters is 3. The third kappa shape index (κ3) is 6.15. The second kappa shape index (κ2) is 8.45. The highest BCUT2D eigenvalue weighted by Crippen LogP contribution is 2.41. The zero-order valence-corrected chi connectivity index (χ0v) is 14.6. The number of alkyl halides is 1. The SMILES string of the molecule is CC(=O)OC[C@H]1O[C@@](O)(Cl)[C@@H](CC(N)=O)[C@@H](OC(C)=O)[C@@H]1OC(C)=O. The van der Waals surface area contributed by atoms with Crippen LogP contribution in [0.1, 0.15) is 27.2 Å². The molecule has 5 atom stereocenters. The van der Waals surface area contributed by atoms with E-state index in [1.165, 1.54) is 0 Å². The Labute approximate surface area is 148 Å². The predicted octanol–water partition coefficient (Wildman–Crippen LogP) is -0.812. The Morgan fingerprint density at radius 3 is 2.04 bits per heavy atom. The molecule has 0 bridgehead atoms. The highest BCUT2D eigenvalue weighted by molar-refractivity contribution is 6.22. The van der Waals surface area contributed by atoms with E-state index < -0.39 is 66.3 Å². The molecule has 1 amide bonds. The van der Waals surface area contributed by atoms with Gasteiger partial charge in [0, 0.05) is 27.2 Å². The summed E-state index contributed by atoms with van der Waals surface area (Å²) in [5.41, 5.74) is 5.14. The van der Waals surface area contributed by atoms with Crippen molar-refractivity contribution in [3.05, 3.63) is 0 Å². The van der Waals surface area contributed by atoms with Crippen LogP contribution in [0.3, 0.4) is 0 Å². The third-order valence-electron chi connectivity index (χ3n) is 3.34. The van der Waals surface area contributed by atoms with Gasteiger partial charge in [-0.05, 0) is 0 Å². The minimum Gasteiger partial charge on any atom is -0.463 e. The van der Waals surface area contributed by atoms with E-state index in [4.69, 9.17) is 36.3 Å². The molecule has 0 spiro atoms. The molecule has 0 saturated carbocycles. The van der Waals surface area contributed by atoms with Crippen molar-refractivity contribution in [1.82, 2.24) is 0 Å². The summed E-state index contributed by atoms with van der Waals surface area (Å²) in [5.74, 6) is -4.38. The van der Waals surface area contributed by atoms with Gasteiger partial charge in [-0.3, -0.25) is 19.2 Å². The van der Waals surface area contributed by atoms with Crippen molar-refractivity contribution >= 4 is 35.4 Å². The molecular weight excluding hydrogens is 362 g/mol. The Hall–Kier alpha value is -1.91. The maximum Gasteiger partial charge on any atom is 0.303 e. The minimum atomic E-state index is -2.48. The molecule has 1 saturated heterocycles. The van der Waals surface area contributed by atoms with E-state index in [1.54, 1.807) is 0 Å². The molecule has 1 aliphatic rings. The molecule has 1 aliphatic heterocycles. The number of nitrogens with two attached hydrogens (primary N) is 1. The number of amides is 1. The Morgan fingerprint density at radius 1 is 1.08 bits per heavy atom. The van der Waals surface area contributed by atoms with Crippen molar-refractivity contribution in [2.45, 2.75) is 50.8 Å². The fourth-order valence-electron chi connectivity index (χ4n) is 2.47. The number of hydrogen-bond acceptors (Lipinski definition) is 9. The zero-order valence-electron chi connectivity index (χ0n) is 13.9. The number of rotatable bonds is 6. The van der Waals surface area contributed by atoms with Crippen LogP contribution in [0.15, 0.2) is 0 Å². The molecule has 0 aromatic heterocycles. The van der Waals surface area contributed by atoms with E-state index >= 15 is 0 Å². The first kappa shape index (κ1) is 21.1. The van der Waals surface area contributed by atoms with Crippen molar-refractivity contribution in [3.8, 4) is 0 Å². The molecule has 0 radical (unpaired) electrons. The van der Waals surface area contributed by atoms with Crippen LogP contribution >= 0.6 is 11.6 Å². The second-order valence-corrected chi connectivity index (χ2v) is 6.03. The van der Waals surface area contributed by atoms with Crippen LogP contribution < -0.4 is 5.73 Å². The molecule has 0 aliphatic carbocycles. The number of aliphatic hydroxyl groups is 1. The van der Waals surface area contributed by atoms with Crippen LogP contribution in [0.4, 0.5) is 0 Å². The van der Waals surface area contributed by atoms with Gasteiger partial charge < -0.3 is 29.8 Å². The van der Waals surface area contributed by atoms with E-state index in [2.05, 4.69) is 0 Å². The molecular formula is C14H20ClNO9. The fourth-order valence-corrected chi connectivity index (χ4v) is 2.79. The molecule has 0 aromatic rings. The smallest absolute Gasteiger partial charge is 0.303 e. The average Bonchev–Trinajstić information content (AvgIpc) is 2.42. The lowest BCUT2D eigenvalue weighted by Crippen LogP contribution is -2.62. The average molecular weight is 382 g/mol. The van der Waals surface area contributed by atoms with E-state index in [0.29, 0.717) is 0 Å². The van der Waals surface area contributed by atoms with Gasteiger partial charge in [0.05, 0.1) is 5.92 Å². The van der Waals surface area contributed by atoms with Gasteiger partial charge in [-0.1, -0.05) is 11.6 Å². The summed E-state index contributed by atoms with van der Waals surface area (Å²) in [7, 11) is 0. The van der Waals surface area contributed by atoms with Gasteiger partial charge in [-0.25, -0.2) is 0 Å². The Morgan fingerprint density at radius 2 is 1.60 bits per heavy atom. The van der Waals surface area contributed by atoms with Gasteiger partial charge in [0.2, 0.25) is 5.91 Å². The highest BCUT2D eigenvalue weighted by atomic mass is 35.5.